The van der Waals surface area contributed by atoms with Crippen LogP contribution in [0.25, 0.3) is 0 Å². The average Bonchev–Trinajstić information content (AvgIpc) is 3.30. The Hall–Kier alpha value is -3.13. The van der Waals surface area contributed by atoms with Crippen LogP contribution in [0, 0.1) is 0 Å². The van der Waals surface area contributed by atoms with Crippen molar-refractivity contribution in [3.63, 3.8) is 0 Å². The monoisotopic (exact) mass is 596 g/mol. The van der Waals surface area contributed by atoms with Crippen molar-refractivity contribution in [2.24, 2.45) is 4.99 Å². The maximum absolute atomic E-state index is 13.8. The topological polar surface area (TPSA) is 80.2 Å². The van der Waals surface area contributed by atoms with E-state index in [-0.39, 0.29) is 12.5 Å². The molecule has 0 saturated heterocycles. The van der Waals surface area contributed by atoms with Crippen molar-refractivity contribution in [1.29, 1.82) is 0 Å². The van der Waals surface area contributed by atoms with Gasteiger partial charge < -0.3 is 19.9 Å². The third kappa shape index (κ3) is 6.65. The number of rotatable bonds is 12. The Morgan fingerprint density at radius 1 is 1.18 bits per heavy atom. The molecule has 0 aliphatic carbocycles. The lowest BCUT2D eigenvalue weighted by atomic mass is 9.84. The number of aliphatic hydroxyl groups excluding tert-OH is 1. The van der Waals surface area contributed by atoms with Crippen molar-refractivity contribution in [2.75, 3.05) is 19.8 Å². The molecule has 1 heterocycles. The van der Waals surface area contributed by atoms with Crippen LogP contribution in [0.2, 0.25) is 5.02 Å². The van der Waals surface area contributed by atoms with E-state index in [0.717, 1.165) is 21.2 Å². The fourth-order valence-electron chi connectivity index (χ4n) is 4.34. The van der Waals surface area contributed by atoms with E-state index < -0.39 is 11.6 Å². The average molecular weight is 598 g/mol. The Labute approximate surface area is 236 Å². The first-order chi connectivity index (χ1) is 18.4. The molecule has 0 bridgehead atoms. The molecule has 1 aliphatic rings. The first kappa shape index (κ1) is 27.9. The predicted octanol–water partition coefficient (Wildman–Crippen LogP) is 6.06. The summed E-state index contributed by atoms with van der Waals surface area (Å²) in [6, 6.07) is 22.7. The van der Waals surface area contributed by atoms with E-state index in [9.17, 15) is 4.79 Å². The van der Waals surface area contributed by atoms with Crippen LogP contribution in [0.3, 0.4) is 0 Å². The number of amides is 1. The lowest BCUT2D eigenvalue weighted by molar-refractivity contribution is -0.128. The van der Waals surface area contributed by atoms with Crippen molar-refractivity contribution < 1.29 is 19.4 Å². The number of hydrogen-bond donors (Lipinski definition) is 2. The molecule has 0 saturated carbocycles. The second kappa shape index (κ2) is 13.1. The number of ether oxygens (including phenoxy) is 2. The summed E-state index contributed by atoms with van der Waals surface area (Å²) in [7, 11) is 0. The molecule has 8 heteroatoms. The van der Waals surface area contributed by atoms with Crippen LogP contribution in [0.4, 0.5) is 0 Å². The van der Waals surface area contributed by atoms with Crippen molar-refractivity contribution in [3.8, 4) is 5.75 Å². The lowest BCUT2D eigenvalue weighted by Gasteiger charge is -2.29. The molecule has 198 valence electrons. The van der Waals surface area contributed by atoms with Crippen LogP contribution >= 0.6 is 27.5 Å². The Morgan fingerprint density at radius 3 is 2.63 bits per heavy atom. The molecule has 2 atom stereocenters. The van der Waals surface area contributed by atoms with E-state index in [4.69, 9.17) is 31.2 Å². The van der Waals surface area contributed by atoms with Gasteiger partial charge in [-0.25, -0.2) is 4.99 Å². The Balaban J connectivity index is 1.61. The highest BCUT2D eigenvalue weighted by molar-refractivity contribution is 9.10. The van der Waals surface area contributed by atoms with Gasteiger partial charge in [0.1, 0.15) is 5.75 Å². The summed E-state index contributed by atoms with van der Waals surface area (Å²) in [5.74, 6) is 0.833. The highest BCUT2D eigenvalue weighted by atomic mass is 79.9. The molecule has 1 aliphatic heterocycles. The maximum atomic E-state index is 13.8. The van der Waals surface area contributed by atoms with Gasteiger partial charge >= 0.3 is 0 Å². The van der Waals surface area contributed by atoms with Crippen LogP contribution in [0.1, 0.15) is 35.6 Å². The van der Waals surface area contributed by atoms with Crippen molar-refractivity contribution >= 4 is 39.3 Å². The number of aliphatic hydroxyl groups is 1. The van der Waals surface area contributed by atoms with E-state index in [0.29, 0.717) is 49.1 Å². The quantitative estimate of drug-likeness (QED) is 0.197. The van der Waals surface area contributed by atoms with Crippen LogP contribution in [-0.4, -0.2) is 42.2 Å². The molecule has 0 fully saturated rings. The molecule has 4 rings (SSSR count). The van der Waals surface area contributed by atoms with Crippen LogP contribution in [-0.2, 0) is 16.0 Å². The molecule has 1 amide bonds. The van der Waals surface area contributed by atoms with Crippen LogP contribution in [0.15, 0.2) is 94.9 Å². The smallest absolute Gasteiger partial charge is 0.252 e. The molecule has 38 heavy (non-hydrogen) atoms. The van der Waals surface area contributed by atoms with E-state index in [1.807, 2.05) is 72.8 Å². The maximum Gasteiger partial charge on any atom is 0.252 e. The number of carbonyl (C=O) groups is 1. The number of hydrogen-bond acceptors (Lipinski definition) is 5. The van der Waals surface area contributed by atoms with Gasteiger partial charge in [-0.15, -0.1) is 6.58 Å². The van der Waals surface area contributed by atoms with Crippen molar-refractivity contribution in [2.45, 2.75) is 30.9 Å². The van der Waals surface area contributed by atoms with Gasteiger partial charge in [0.2, 0.25) is 5.90 Å². The summed E-state index contributed by atoms with van der Waals surface area (Å²) in [6.45, 7) is 4.84. The number of carbonyl (C=O) groups excluding carboxylic acids is 1. The predicted molar refractivity (Wildman–Crippen MR) is 154 cm³/mol. The molecular formula is C30H30BrClN2O4. The summed E-state index contributed by atoms with van der Waals surface area (Å²) in [4.78, 5) is 18.7. The van der Waals surface area contributed by atoms with Gasteiger partial charge in [-0.05, 0) is 66.1 Å². The SMILES string of the molecule is C=CC[C@@]1(C(=O)NCCc2cccc(Cl)c2)N=C(c2ccc(OCCCO)cc2)O[C@@H]1c1ccc(Br)cc1. The molecule has 3 aromatic rings. The second-order valence-electron chi connectivity index (χ2n) is 8.97. The summed E-state index contributed by atoms with van der Waals surface area (Å²) < 4.78 is 13.0. The highest BCUT2D eigenvalue weighted by Gasteiger charge is 2.52. The van der Waals surface area contributed by atoms with Gasteiger partial charge in [0.25, 0.3) is 5.91 Å². The van der Waals surface area contributed by atoms with Gasteiger partial charge in [-0.2, -0.15) is 0 Å². The van der Waals surface area contributed by atoms with Crippen LogP contribution < -0.4 is 10.1 Å². The summed E-state index contributed by atoms with van der Waals surface area (Å²) >= 11 is 9.59. The highest BCUT2D eigenvalue weighted by Crippen LogP contribution is 2.43. The summed E-state index contributed by atoms with van der Waals surface area (Å²) in [6.07, 6.45) is 2.55. The third-order valence-corrected chi connectivity index (χ3v) is 7.01. The van der Waals surface area contributed by atoms with E-state index >= 15 is 0 Å². The Morgan fingerprint density at radius 2 is 1.95 bits per heavy atom. The molecule has 0 aromatic heterocycles. The minimum atomic E-state index is -1.23. The van der Waals surface area contributed by atoms with E-state index in [2.05, 4.69) is 27.8 Å². The largest absolute Gasteiger partial charge is 0.494 e. The second-order valence-corrected chi connectivity index (χ2v) is 10.3. The number of benzene rings is 3. The summed E-state index contributed by atoms with van der Waals surface area (Å²) in [5, 5.41) is 12.7. The van der Waals surface area contributed by atoms with Crippen LogP contribution in [0.5, 0.6) is 5.75 Å². The van der Waals surface area contributed by atoms with Gasteiger partial charge in [0, 0.05) is 41.1 Å². The minimum Gasteiger partial charge on any atom is -0.494 e. The molecular weight excluding hydrogens is 568 g/mol. The van der Waals surface area contributed by atoms with Crippen molar-refractivity contribution in [1.82, 2.24) is 5.32 Å². The first-order valence-corrected chi connectivity index (χ1v) is 13.6. The molecule has 0 radical (unpaired) electrons. The van der Waals surface area contributed by atoms with Gasteiger partial charge in [0.15, 0.2) is 11.6 Å². The molecule has 6 nitrogen and oxygen atoms in total. The number of halogens is 2. The normalized spacial score (nSPS) is 18.4. The molecule has 2 N–H and O–H groups in total. The molecule has 0 spiro atoms. The Bertz CT molecular complexity index is 1280. The van der Waals surface area contributed by atoms with E-state index in [1.165, 1.54) is 0 Å². The third-order valence-electron chi connectivity index (χ3n) is 6.25. The van der Waals surface area contributed by atoms with Gasteiger partial charge in [-0.1, -0.05) is 57.9 Å². The molecule has 0 unspecified atom stereocenters. The fraction of sp³-hybridized carbons (Fsp3) is 0.267. The minimum absolute atomic E-state index is 0.0761. The zero-order valence-electron chi connectivity index (χ0n) is 20.9. The zero-order valence-corrected chi connectivity index (χ0v) is 23.2. The lowest BCUT2D eigenvalue weighted by Crippen LogP contribution is -2.48. The number of nitrogens with one attached hydrogen (secondary N) is 1. The standard InChI is InChI=1S/C30H30BrClN2O4/c1-2-16-30(29(36)33-17-15-21-5-3-6-25(32)20-21)27(22-7-11-24(31)12-8-22)38-28(34-30)23-9-13-26(14-10-23)37-19-4-18-35/h2-3,5-14,20,27,35H,1,4,15-19H2,(H,33,36)/t27-,30-/m1/s1. The zero-order chi connectivity index (χ0) is 27.0. The first-order valence-electron chi connectivity index (χ1n) is 12.4. The number of aliphatic imine (C=N–C) groups is 1. The molecule has 3 aromatic carbocycles. The van der Waals surface area contributed by atoms with E-state index in [1.54, 1.807) is 6.08 Å². The van der Waals surface area contributed by atoms with Gasteiger partial charge in [-0.3, -0.25) is 4.79 Å². The van der Waals surface area contributed by atoms with Gasteiger partial charge in [0.05, 0.1) is 6.61 Å². The summed E-state index contributed by atoms with van der Waals surface area (Å²) in [5.41, 5.74) is 1.38. The Kier molecular flexibility index (Phi) is 9.61. The number of nitrogens with zero attached hydrogens (tertiary/aromatic N) is 1. The van der Waals surface area contributed by atoms with Crippen molar-refractivity contribution in [3.05, 3.63) is 112 Å². The fourth-order valence-corrected chi connectivity index (χ4v) is 4.82.